The number of nitrogens with one attached hydrogen (secondary N) is 2. The van der Waals surface area contributed by atoms with Gasteiger partial charge < -0.3 is 20.3 Å². The first-order valence-electron chi connectivity index (χ1n) is 8.45. The molecule has 2 N–H and O–H groups in total. The number of anilines is 2. The van der Waals surface area contributed by atoms with Gasteiger partial charge in [-0.2, -0.15) is 0 Å². The van der Waals surface area contributed by atoms with Crippen LogP contribution in [0.4, 0.5) is 20.6 Å². The van der Waals surface area contributed by atoms with Crippen molar-refractivity contribution in [2.45, 2.75) is 18.9 Å². The van der Waals surface area contributed by atoms with Crippen LogP contribution in [-0.2, 0) is 4.79 Å². The molecule has 1 saturated heterocycles. The highest BCUT2D eigenvalue weighted by Gasteiger charge is 2.34. The van der Waals surface area contributed by atoms with Crippen molar-refractivity contribution >= 4 is 34.9 Å². The Hall–Kier alpha value is -2.80. The quantitative estimate of drug-likeness (QED) is 0.823. The van der Waals surface area contributed by atoms with Crippen LogP contribution in [0, 0.1) is 5.82 Å². The van der Waals surface area contributed by atoms with Gasteiger partial charge in [-0.3, -0.25) is 4.79 Å². The second-order valence-electron chi connectivity index (χ2n) is 6.13. The third kappa shape index (κ3) is 4.49. The summed E-state index contributed by atoms with van der Waals surface area (Å²) in [4.78, 5) is 26.6. The standard InChI is InChI=1S/C19H19ClFN3O3/c1-27-14-7-4-12(5-8-14)23-19(26)24-10-2-3-17(24)18(25)22-13-6-9-16(21)15(20)11-13/h4-9,11,17H,2-3,10H2,1H3,(H,22,25)(H,23,26)/t17-/m0/s1. The lowest BCUT2D eigenvalue weighted by molar-refractivity contribution is -0.119. The Morgan fingerprint density at radius 3 is 2.52 bits per heavy atom. The molecule has 0 aromatic heterocycles. The normalized spacial score (nSPS) is 16.1. The van der Waals surface area contributed by atoms with Gasteiger partial charge in [0.05, 0.1) is 12.1 Å². The van der Waals surface area contributed by atoms with E-state index in [1.54, 1.807) is 31.4 Å². The molecule has 1 aliphatic heterocycles. The lowest BCUT2D eigenvalue weighted by Crippen LogP contribution is -2.45. The zero-order valence-electron chi connectivity index (χ0n) is 14.7. The molecular weight excluding hydrogens is 373 g/mol. The minimum Gasteiger partial charge on any atom is -0.497 e. The molecule has 0 saturated carbocycles. The van der Waals surface area contributed by atoms with E-state index in [9.17, 15) is 14.0 Å². The predicted octanol–water partition coefficient (Wildman–Crippen LogP) is 4.12. The smallest absolute Gasteiger partial charge is 0.322 e. The molecule has 2 aromatic rings. The fraction of sp³-hybridized carbons (Fsp3) is 0.263. The van der Waals surface area contributed by atoms with Gasteiger partial charge in [-0.15, -0.1) is 0 Å². The Morgan fingerprint density at radius 1 is 1.15 bits per heavy atom. The van der Waals surface area contributed by atoms with Crippen molar-refractivity contribution in [3.63, 3.8) is 0 Å². The highest BCUT2D eigenvalue weighted by molar-refractivity contribution is 6.31. The van der Waals surface area contributed by atoms with E-state index >= 15 is 0 Å². The van der Waals surface area contributed by atoms with Crippen LogP contribution in [0.15, 0.2) is 42.5 Å². The third-order valence-corrected chi connectivity index (χ3v) is 4.63. The van der Waals surface area contributed by atoms with Crippen LogP contribution in [0.3, 0.4) is 0 Å². The number of amides is 3. The maximum atomic E-state index is 13.2. The summed E-state index contributed by atoms with van der Waals surface area (Å²) >= 11 is 5.74. The maximum Gasteiger partial charge on any atom is 0.322 e. The topological polar surface area (TPSA) is 70.7 Å². The predicted molar refractivity (Wildman–Crippen MR) is 102 cm³/mol. The molecular formula is C19H19ClFN3O3. The molecule has 0 spiro atoms. The van der Waals surface area contributed by atoms with E-state index in [2.05, 4.69) is 10.6 Å². The average molecular weight is 392 g/mol. The van der Waals surface area contributed by atoms with E-state index in [0.717, 1.165) is 6.42 Å². The first kappa shape index (κ1) is 19.0. The molecule has 8 heteroatoms. The zero-order chi connectivity index (χ0) is 19.4. The van der Waals surface area contributed by atoms with Crippen molar-refractivity contribution in [1.29, 1.82) is 0 Å². The summed E-state index contributed by atoms with van der Waals surface area (Å²) in [6.45, 7) is 0.476. The number of benzene rings is 2. The number of carbonyl (C=O) groups excluding carboxylic acids is 2. The van der Waals surface area contributed by atoms with Crippen LogP contribution < -0.4 is 15.4 Å². The van der Waals surface area contributed by atoms with Crippen LogP contribution >= 0.6 is 11.6 Å². The number of carbonyl (C=O) groups is 2. The van der Waals surface area contributed by atoms with Crippen molar-refractivity contribution < 1.29 is 18.7 Å². The minimum atomic E-state index is -0.605. The molecule has 1 fully saturated rings. The van der Waals surface area contributed by atoms with Crippen molar-refractivity contribution in [1.82, 2.24) is 4.90 Å². The zero-order valence-corrected chi connectivity index (χ0v) is 15.4. The number of methoxy groups -OCH3 is 1. The van der Waals surface area contributed by atoms with E-state index < -0.39 is 11.9 Å². The lowest BCUT2D eigenvalue weighted by Gasteiger charge is -2.24. The Bertz CT molecular complexity index is 845. The maximum absolute atomic E-state index is 13.2. The molecule has 27 heavy (non-hydrogen) atoms. The average Bonchev–Trinajstić information content (AvgIpc) is 3.15. The Kier molecular flexibility index (Phi) is 5.81. The largest absolute Gasteiger partial charge is 0.497 e. The fourth-order valence-electron chi connectivity index (χ4n) is 2.95. The van der Waals surface area contributed by atoms with Gasteiger partial charge >= 0.3 is 6.03 Å². The van der Waals surface area contributed by atoms with Crippen molar-refractivity contribution in [3.05, 3.63) is 53.3 Å². The van der Waals surface area contributed by atoms with Crippen molar-refractivity contribution in [2.75, 3.05) is 24.3 Å². The SMILES string of the molecule is COc1ccc(NC(=O)N2CCC[C@H]2C(=O)Nc2ccc(F)c(Cl)c2)cc1. The van der Waals surface area contributed by atoms with Gasteiger partial charge in [0.15, 0.2) is 0 Å². The molecule has 0 unspecified atom stereocenters. The van der Waals surface area contributed by atoms with Crippen LogP contribution in [0.5, 0.6) is 5.75 Å². The number of hydrogen-bond donors (Lipinski definition) is 2. The second kappa shape index (κ2) is 8.26. The molecule has 2 aromatic carbocycles. The van der Waals surface area contributed by atoms with Gasteiger partial charge in [-0.05, 0) is 55.3 Å². The molecule has 3 amide bonds. The summed E-state index contributed by atoms with van der Waals surface area (Å²) in [6.07, 6.45) is 1.27. The van der Waals surface area contributed by atoms with Crippen LogP contribution in [0.1, 0.15) is 12.8 Å². The number of hydrogen-bond acceptors (Lipinski definition) is 3. The van der Waals surface area contributed by atoms with Gasteiger partial charge in [-0.25, -0.2) is 9.18 Å². The van der Waals surface area contributed by atoms with Gasteiger partial charge in [0.1, 0.15) is 17.6 Å². The van der Waals surface area contributed by atoms with Crippen molar-refractivity contribution in [2.24, 2.45) is 0 Å². The highest BCUT2D eigenvalue weighted by atomic mass is 35.5. The number of likely N-dealkylation sites (tertiary alicyclic amines) is 1. The summed E-state index contributed by atoms with van der Waals surface area (Å²) in [5.41, 5.74) is 0.992. The van der Waals surface area contributed by atoms with E-state index in [4.69, 9.17) is 16.3 Å². The summed E-state index contributed by atoms with van der Waals surface area (Å²) in [7, 11) is 1.56. The summed E-state index contributed by atoms with van der Waals surface area (Å²) in [5.74, 6) is -0.208. The fourth-order valence-corrected chi connectivity index (χ4v) is 3.13. The Morgan fingerprint density at radius 2 is 1.85 bits per heavy atom. The molecule has 1 heterocycles. The molecule has 0 aliphatic carbocycles. The molecule has 0 radical (unpaired) electrons. The number of rotatable bonds is 4. The molecule has 1 atom stereocenters. The molecule has 1 aliphatic rings. The number of halogens is 2. The van der Waals surface area contributed by atoms with Crippen LogP contribution in [0.2, 0.25) is 5.02 Å². The van der Waals surface area contributed by atoms with E-state index in [0.29, 0.717) is 30.1 Å². The number of nitrogens with zero attached hydrogens (tertiary/aromatic N) is 1. The van der Waals surface area contributed by atoms with Gasteiger partial charge in [0.25, 0.3) is 0 Å². The lowest BCUT2D eigenvalue weighted by atomic mass is 10.2. The molecule has 0 bridgehead atoms. The van der Waals surface area contributed by atoms with Gasteiger partial charge in [0.2, 0.25) is 5.91 Å². The molecule has 3 rings (SSSR count). The summed E-state index contributed by atoms with van der Waals surface area (Å²) < 4.78 is 18.3. The third-order valence-electron chi connectivity index (χ3n) is 4.34. The van der Waals surface area contributed by atoms with E-state index in [-0.39, 0.29) is 17.0 Å². The van der Waals surface area contributed by atoms with Gasteiger partial charge in [0, 0.05) is 17.9 Å². The van der Waals surface area contributed by atoms with E-state index in [1.807, 2.05) is 0 Å². The van der Waals surface area contributed by atoms with Crippen molar-refractivity contribution in [3.8, 4) is 5.75 Å². The number of urea groups is 1. The van der Waals surface area contributed by atoms with Crippen LogP contribution in [0.25, 0.3) is 0 Å². The molecule has 142 valence electrons. The van der Waals surface area contributed by atoms with E-state index in [1.165, 1.54) is 23.1 Å². The van der Waals surface area contributed by atoms with Gasteiger partial charge in [-0.1, -0.05) is 11.6 Å². The summed E-state index contributed by atoms with van der Waals surface area (Å²) in [6, 6.07) is 9.92. The first-order chi connectivity index (χ1) is 13.0. The Labute approximate surface area is 161 Å². The second-order valence-corrected chi connectivity index (χ2v) is 6.54. The Balaban J connectivity index is 1.65. The number of ether oxygens (including phenoxy) is 1. The minimum absolute atomic E-state index is 0.0756. The highest BCUT2D eigenvalue weighted by Crippen LogP contribution is 2.23. The molecule has 6 nitrogen and oxygen atoms in total. The first-order valence-corrected chi connectivity index (χ1v) is 8.83. The summed E-state index contributed by atoms with van der Waals surface area (Å²) in [5, 5.41) is 5.39. The monoisotopic (exact) mass is 391 g/mol. The van der Waals surface area contributed by atoms with Crippen LogP contribution in [-0.4, -0.2) is 36.5 Å².